The summed E-state index contributed by atoms with van der Waals surface area (Å²) in [6.07, 6.45) is 4.75. The summed E-state index contributed by atoms with van der Waals surface area (Å²) >= 11 is 0. The minimum atomic E-state index is 0.200. The van der Waals surface area contributed by atoms with E-state index in [1.165, 1.54) is 5.56 Å². The predicted octanol–water partition coefficient (Wildman–Crippen LogP) is 1.76. The third-order valence-electron chi connectivity index (χ3n) is 3.44. The second-order valence-electron chi connectivity index (χ2n) is 5.34. The third-order valence-corrected chi connectivity index (χ3v) is 3.44. The standard InChI is InChI=1S/C15H24N6/c1-5-7-16-15(9-12-10-21(4)20-18-12)13-8-11(3)17-19-14(13)6-2/h8,10,15-16H,5-7,9H2,1-4H3. The maximum absolute atomic E-state index is 4.34. The van der Waals surface area contributed by atoms with E-state index < -0.39 is 0 Å². The van der Waals surface area contributed by atoms with Crippen molar-refractivity contribution in [3.63, 3.8) is 0 Å². The summed E-state index contributed by atoms with van der Waals surface area (Å²) in [6.45, 7) is 7.23. The Balaban J connectivity index is 2.28. The second-order valence-corrected chi connectivity index (χ2v) is 5.34. The summed E-state index contributed by atoms with van der Waals surface area (Å²) in [4.78, 5) is 0. The highest BCUT2D eigenvalue weighted by molar-refractivity contribution is 5.26. The zero-order valence-corrected chi connectivity index (χ0v) is 13.3. The summed E-state index contributed by atoms with van der Waals surface area (Å²) in [5.41, 5.74) is 4.22. The lowest BCUT2D eigenvalue weighted by atomic mass is 9.99. The zero-order chi connectivity index (χ0) is 15.2. The summed E-state index contributed by atoms with van der Waals surface area (Å²) in [6, 6.07) is 2.33. The fourth-order valence-electron chi connectivity index (χ4n) is 2.42. The van der Waals surface area contributed by atoms with Crippen molar-refractivity contribution in [1.82, 2.24) is 30.5 Å². The summed E-state index contributed by atoms with van der Waals surface area (Å²) in [5, 5.41) is 20.3. The van der Waals surface area contributed by atoms with Gasteiger partial charge in [-0.1, -0.05) is 19.1 Å². The van der Waals surface area contributed by atoms with Crippen LogP contribution in [0.4, 0.5) is 0 Å². The molecule has 0 saturated heterocycles. The Labute approximate surface area is 126 Å². The molecule has 0 saturated carbocycles. The SMILES string of the molecule is CCCNC(Cc1cn(C)nn1)c1cc(C)nnc1CC. The zero-order valence-electron chi connectivity index (χ0n) is 13.3. The molecular weight excluding hydrogens is 264 g/mol. The molecule has 0 radical (unpaired) electrons. The first kappa shape index (κ1) is 15.6. The first-order chi connectivity index (χ1) is 10.1. The van der Waals surface area contributed by atoms with E-state index in [4.69, 9.17) is 0 Å². The van der Waals surface area contributed by atoms with Crippen LogP contribution in [0, 0.1) is 6.92 Å². The molecule has 21 heavy (non-hydrogen) atoms. The van der Waals surface area contributed by atoms with Crippen molar-refractivity contribution in [3.8, 4) is 0 Å². The minimum Gasteiger partial charge on any atom is -0.310 e. The van der Waals surface area contributed by atoms with Crippen LogP contribution in [-0.4, -0.2) is 31.7 Å². The fraction of sp³-hybridized carbons (Fsp3) is 0.600. The van der Waals surface area contributed by atoms with Gasteiger partial charge in [0, 0.05) is 25.7 Å². The third kappa shape index (κ3) is 4.07. The van der Waals surface area contributed by atoms with Crippen molar-refractivity contribution < 1.29 is 0 Å². The second kappa shape index (κ2) is 7.26. The van der Waals surface area contributed by atoms with Gasteiger partial charge in [-0.3, -0.25) is 4.68 Å². The summed E-state index contributed by atoms with van der Waals surface area (Å²) in [7, 11) is 1.89. The predicted molar refractivity (Wildman–Crippen MR) is 81.9 cm³/mol. The molecule has 0 aliphatic heterocycles. The lowest BCUT2D eigenvalue weighted by molar-refractivity contribution is 0.516. The molecule has 0 bridgehead atoms. The van der Waals surface area contributed by atoms with Gasteiger partial charge in [-0.05, 0) is 37.9 Å². The average molecular weight is 288 g/mol. The van der Waals surface area contributed by atoms with Gasteiger partial charge in [-0.2, -0.15) is 10.2 Å². The van der Waals surface area contributed by atoms with Gasteiger partial charge < -0.3 is 5.32 Å². The molecule has 1 N–H and O–H groups in total. The van der Waals surface area contributed by atoms with Gasteiger partial charge in [0.1, 0.15) is 0 Å². The van der Waals surface area contributed by atoms with Crippen molar-refractivity contribution in [2.24, 2.45) is 7.05 Å². The Morgan fingerprint density at radius 1 is 1.24 bits per heavy atom. The quantitative estimate of drug-likeness (QED) is 0.841. The summed E-state index contributed by atoms with van der Waals surface area (Å²) in [5.74, 6) is 0. The van der Waals surface area contributed by atoms with Gasteiger partial charge in [0.15, 0.2) is 0 Å². The van der Waals surface area contributed by atoms with Crippen LogP contribution in [0.2, 0.25) is 0 Å². The topological polar surface area (TPSA) is 68.5 Å². The van der Waals surface area contributed by atoms with E-state index in [0.29, 0.717) is 0 Å². The van der Waals surface area contributed by atoms with E-state index in [2.05, 4.69) is 45.7 Å². The van der Waals surface area contributed by atoms with Gasteiger partial charge in [-0.15, -0.1) is 5.10 Å². The minimum absolute atomic E-state index is 0.200. The van der Waals surface area contributed by atoms with E-state index in [-0.39, 0.29) is 6.04 Å². The largest absolute Gasteiger partial charge is 0.310 e. The molecule has 0 fully saturated rings. The number of hydrogen-bond acceptors (Lipinski definition) is 5. The van der Waals surface area contributed by atoms with Crippen molar-refractivity contribution in [2.75, 3.05) is 6.54 Å². The molecule has 6 heteroatoms. The van der Waals surface area contributed by atoms with E-state index >= 15 is 0 Å². The number of aromatic nitrogens is 5. The van der Waals surface area contributed by atoms with Crippen LogP contribution < -0.4 is 5.32 Å². The highest BCUT2D eigenvalue weighted by Gasteiger charge is 2.18. The van der Waals surface area contributed by atoms with E-state index in [1.807, 2.05) is 20.2 Å². The Bertz CT molecular complexity index is 577. The van der Waals surface area contributed by atoms with Gasteiger partial charge in [0.2, 0.25) is 0 Å². The molecule has 0 aliphatic carbocycles. The molecule has 2 rings (SSSR count). The first-order valence-electron chi connectivity index (χ1n) is 7.55. The Morgan fingerprint density at radius 3 is 2.67 bits per heavy atom. The van der Waals surface area contributed by atoms with Crippen LogP contribution in [0.15, 0.2) is 12.3 Å². The van der Waals surface area contributed by atoms with Crippen LogP contribution in [-0.2, 0) is 19.9 Å². The van der Waals surface area contributed by atoms with Crippen molar-refractivity contribution in [2.45, 2.75) is 46.1 Å². The lowest BCUT2D eigenvalue weighted by Gasteiger charge is -2.20. The molecule has 0 aromatic carbocycles. The van der Waals surface area contributed by atoms with Gasteiger partial charge in [0.25, 0.3) is 0 Å². The van der Waals surface area contributed by atoms with Crippen molar-refractivity contribution >= 4 is 0 Å². The number of rotatable bonds is 7. The lowest BCUT2D eigenvalue weighted by Crippen LogP contribution is -2.26. The van der Waals surface area contributed by atoms with Gasteiger partial charge >= 0.3 is 0 Å². The number of hydrogen-bond donors (Lipinski definition) is 1. The molecule has 2 heterocycles. The van der Waals surface area contributed by atoms with Crippen LogP contribution in [0.25, 0.3) is 0 Å². The van der Waals surface area contributed by atoms with Crippen LogP contribution in [0.3, 0.4) is 0 Å². The number of nitrogens with zero attached hydrogens (tertiary/aromatic N) is 5. The maximum atomic E-state index is 4.34. The van der Waals surface area contributed by atoms with Crippen LogP contribution in [0.1, 0.15) is 49.0 Å². The molecule has 114 valence electrons. The Kier molecular flexibility index (Phi) is 5.38. The fourth-order valence-corrected chi connectivity index (χ4v) is 2.42. The molecule has 0 amide bonds. The van der Waals surface area contributed by atoms with Crippen molar-refractivity contribution in [3.05, 3.63) is 34.9 Å². The first-order valence-corrected chi connectivity index (χ1v) is 7.55. The molecule has 0 spiro atoms. The number of aryl methyl sites for hydroxylation is 3. The maximum Gasteiger partial charge on any atom is 0.0845 e. The molecular formula is C15H24N6. The normalized spacial score (nSPS) is 12.6. The highest BCUT2D eigenvalue weighted by Crippen LogP contribution is 2.21. The highest BCUT2D eigenvalue weighted by atomic mass is 15.4. The molecule has 2 aromatic heterocycles. The molecule has 1 unspecified atom stereocenters. The van der Waals surface area contributed by atoms with Gasteiger partial charge in [-0.25, -0.2) is 0 Å². The van der Waals surface area contributed by atoms with Crippen LogP contribution in [0.5, 0.6) is 0 Å². The molecule has 0 aliphatic rings. The summed E-state index contributed by atoms with van der Waals surface area (Å²) < 4.78 is 1.74. The van der Waals surface area contributed by atoms with Gasteiger partial charge in [0.05, 0.1) is 17.1 Å². The van der Waals surface area contributed by atoms with E-state index in [1.54, 1.807) is 4.68 Å². The number of nitrogens with one attached hydrogen (secondary N) is 1. The Morgan fingerprint density at radius 2 is 2.05 bits per heavy atom. The smallest absolute Gasteiger partial charge is 0.0845 e. The molecule has 6 nitrogen and oxygen atoms in total. The molecule has 1 atom stereocenters. The van der Waals surface area contributed by atoms with E-state index in [9.17, 15) is 0 Å². The molecule has 2 aromatic rings. The van der Waals surface area contributed by atoms with Crippen LogP contribution >= 0.6 is 0 Å². The average Bonchev–Trinajstić information content (AvgIpc) is 2.88. The van der Waals surface area contributed by atoms with E-state index in [0.717, 1.165) is 42.9 Å². The Hall–Kier alpha value is -1.82. The van der Waals surface area contributed by atoms with Crippen molar-refractivity contribution in [1.29, 1.82) is 0 Å². The monoisotopic (exact) mass is 288 g/mol.